The molecule has 4 N–H and O–H groups in total. The molecule has 1 fully saturated rings. The smallest absolute Gasteiger partial charge is 0.184 e. The highest BCUT2D eigenvalue weighted by Crippen LogP contribution is 2.22. The number of hydrogen-bond acceptors (Lipinski definition) is 6. The van der Waals surface area contributed by atoms with Crippen LogP contribution in [0.25, 0.3) is 0 Å². The zero-order chi connectivity index (χ0) is 12.1. The van der Waals surface area contributed by atoms with Crippen LogP contribution in [0.2, 0.25) is 0 Å². The molecule has 1 rings (SSSR count). The predicted octanol–water partition coefficient (Wildman–Crippen LogP) is -1.40. The Morgan fingerprint density at radius 1 is 1.31 bits per heavy atom. The fourth-order valence-electron chi connectivity index (χ4n) is 1.60. The molecule has 0 aromatic heterocycles. The van der Waals surface area contributed by atoms with Crippen molar-refractivity contribution in [3.8, 4) is 0 Å². The van der Waals surface area contributed by atoms with Crippen molar-refractivity contribution in [2.24, 2.45) is 0 Å². The molecule has 0 radical (unpaired) electrons. The maximum absolute atomic E-state index is 9.62. The summed E-state index contributed by atoms with van der Waals surface area (Å²) in [4.78, 5) is 0. The second kappa shape index (κ2) is 6.48. The molecule has 0 aromatic rings. The number of aliphatic hydroxyl groups is 4. The fourth-order valence-corrected chi connectivity index (χ4v) is 1.60. The molecule has 1 aliphatic heterocycles. The molecule has 0 bridgehead atoms. The minimum Gasteiger partial charge on any atom is -0.396 e. The highest BCUT2D eigenvalue weighted by molar-refractivity contribution is 4.79. The minimum absolute atomic E-state index is 0.105. The highest BCUT2D eigenvalue weighted by atomic mass is 16.7. The number of rotatable bonds is 5. The van der Waals surface area contributed by atoms with Crippen LogP contribution in [-0.4, -0.2) is 64.3 Å². The van der Waals surface area contributed by atoms with Crippen LogP contribution in [0.5, 0.6) is 0 Å². The van der Waals surface area contributed by atoms with Crippen molar-refractivity contribution in [1.82, 2.24) is 0 Å². The molecule has 5 atom stereocenters. The molecular formula is C10H20O6. The first kappa shape index (κ1) is 13.8. The Hall–Kier alpha value is -0.240. The predicted molar refractivity (Wildman–Crippen MR) is 54.6 cm³/mol. The minimum atomic E-state index is -0.918. The maximum Gasteiger partial charge on any atom is 0.184 e. The number of aliphatic hydroxyl groups excluding tert-OH is 4. The molecule has 0 amide bonds. The zero-order valence-corrected chi connectivity index (χ0v) is 9.32. The quantitative estimate of drug-likeness (QED) is 0.469. The third kappa shape index (κ3) is 3.65. The third-order valence-electron chi connectivity index (χ3n) is 2.67. The molecule has 0 saturated carbocycles. The molecule has 1 saturated heterocycles. The van der Waals surface area contributed by atoms with Gasteiger partial charge in [0.2, 0.25) is 0 Å². The van der Waals surface area contributed by atoms with E-state index in [1.165, 1.54) is 0 Å². The molecule has 1 aliphatic rings. The second-order valence-electron chi connectivity index (χ2n) is 4.03. The van der Waals surface area contributed by atoms with Crippen molar-refractivity contribution in [2.45, 2.75) is 50.5 Å². The van der Waals surface area contributed by atoms with E-state index in [2.05, 4.69) is 0 Å². The Labute approximate surface area is 94.4 Å². The lowest BCUT2D eigenvalue weighted by atomic mass is 10.0. The van der Waals surface area contributed by atoms with E-state index in [0.29, 0.717) is 0 Å². The van der Waals surface area contributed by atoms with Gasteiger partial charge >= 0.3 is 0 Å². The van der Waals surface area contributed by atoms with Gasteiger partial charge in [0.1, 0.15) is 6.10 Å². The van der Waals surface area contributed by atoms with Gasteiger partial charge in [0.05, 0.1) is 24.9 Å². The van der Waals surface area contributed by atoms with Crippen LogP contribution in [-0.2, 0) is 9.47 Å². The van der Waals surface area contributed by atoms with Crippen LogP contribution >= 0.6 is 0 Å². The molecule has 0 aromatic carbocycles. The van der Waals surface area contributed by atoms with E-state index >= 15 is 0 Å². The van der Waals surface area contributed by atoms with E-state index in [0.717, 1.165) is 0 Å². The van der Waals surface area contributed by atoms with Crippen LogP contribution < -0.4 is 0 Å². The fraction of sp³-hybridized carbons (Fsp3) is 1.00. The van der Waals surface area contributed by atoms with Gasteiger partial charge in [0.15, 0.2) is 6.29 Å². The first-order chi connectivity index (χ1) is 7.58. The topological polar surface area (TPSA) is 99.4 Å². The lowest BCUT2D eigenvalue weighted by Crippen LogP contribution is -2.48. The summed E-state index contributed by atoms with van der Waals surface area (Å²) in [5.41, 5.74) is 0. The summed E-state index contributed by atoms with van der Waals surface area (Å²) in [6, 6.07) is 0. The third-order valence-corrected chi connectivity index (χ3v) is 2.67. The van der Waals surface area contributed by atoms with E-state index in [1.54, 1.807) is 6.92 Å². The van der Waals surface area contributed by atoms with Crippen LogP contribution in [0.3, 0.4) is 0 Å². The monoisotopic (exact) mass is 236 g/mol. The van der Waals surface area contributed by atoms with Gasteiger partial charge in [-0.25, -0.2) is 0 Å². The Morgan fingerprint density at radius 2 is 2.00 bits per heavy atom. The Kier molecular flexibility index (Phi) is 5.60. The van der Waals surface area contributed by atoms with Gasteiger partial charge in [0, 0.05) is 13.0 Å². The summed E-state index contributed by atoms with van der Waals surface area (Å²) < 4.78 is 10.6. The summed E-state index contributed by atoms with van der Waals surface area (Å²) in [5, 5.41) is 36.7. The van der Waals surface area contributed by atoms with Crippen LogP contribution in [0.4, 0.5) is 0 Å². The Balaban J connectivity index is 2.45. The van der Waals surface area contributed by atoms with Crippen molar-refractivity contribution < 1.29 is 29.9 Å². The van der Waals surface area contributed by atoms with Crippen LogP contribution in [0, 0.1) is 0 Å². The largest absolute Gasteiger partial charge is 0.396 e. The first-order valence-electron chi connectivity index (χ1n) is 5.47. The average Bonchev–Trinajstić information content (AvgIpc) is 2.25. The molecule has 0 spiro atoms. The van der Waals surface area contributed by atoms with Crippen LogP contribution in [0.15, 0.2) is 0 Å². The Morgan fingerprint density at radius 3 is 2.56 bits per heavy atom. The summed E-state index contributed by atoms with van der Waals surface area (Å²) in [6.45, 7) is 1.34. The zero-order valence-electron chi connectivity index (χ0n) is 9.32. The highest BCUT2D eigenvalue weighted by Gasteiger charge is 2.35. The molecule has 6 heteroatoms. The summed E-state index contributed by atoms with van der Waals surface area (Å²) in [5.74, 6) is 0. The first-order valence-corrected chi connectivity index (χ1v) is 5.47. The summed E-state index contributed by atoms with van der Waals surface area (Å²) in [6.07, 6.45) is -3.00. The van der Waals surface area contributed by atoms with Gasteiger partial charge in [-0.3, -0.25) is 0 Å². The van der Waals surface area contributed by atoms with E-state index in [-0.39, 0.29) is 26.1 Å². The van der Waals surface area contributed by atoms with Gasteiger partial charge in [-0.1, -0.05) is 0 Å². The van der Waals surface area contributed by atoms with E-state index in [9.17, 15) is 10.2 Å². The van der Waals surface area contributed by atoms with Crippen molar-refractivity contribution >= 4 is 0 Å². The Bertz CT molecular complexity index is 200. The molecule has 0 aliphatic carbocycles. The van der Waals surface area contributed by atoms with Crippen molar-refractivity contribution in [2.75, 3.05) is 13.2 Å². The summed E-state index contributed by atoms with van der Waals surface area (Å²) >= 11 is 0. The van der Waals surface area contributed by atoms with Gasteiger partial charge < -0.3 is 29.9 Å². The van der Waals surface area contributed by atoms with Gasteiger partial charge in [-0.05, 0) is 13.3 Å². The molecule has 16 heavy (non-hydrogen) atoms. The molecule has 6 nitrogen and oxygen atoms in total. The second-order valence-corrected chi connectivity index (χ2v) is 4.03. The van der Waals surface area contributed by atoms with Gasteiger partial charge in [0.25, 0.3) is 0 Å². The van der Waals surface area contributed by atoms with E-state index in [1.807, 2.05) is 0 Å². The SMILES string of the molecule is C[C@H]1O[C@H](O[C@H](CO)CCO)[C@H](O)C[C@@H]1O. The average molecular weight is 236 g/mol. The molecule has 1 heterocycles. The number of ether oxygens (including phenoxy) is 2. The van der Waals surface area contributed by atoms with E-state index < -0.39 is 30.7 Å². The lowest BCUT2D eigenvalue weighted by molar-refractivity contribution is -0.278. The van der Waals surface area contributed by atoms with Gasteiger partial charge in [-0.2, -0.15) is 0 Å². The number of hydrogen-bond donors (Lipinski definition) is 4. The standard InChI is InChI=1S/C10H20O6/c1-6-8(13)4-9(14)10(15-6)16-7(5-12)2-3-11/h6-14H,2-5H2,1H3/t6-,7+,8+,9-,10-/m1/s1. The van der Waals surface area contributed by atoms with Gasteiger partial charge in [-0.15, -0.1) is 0 Å². The van der Waals surface area contributed by atoms with Crippen LogP contribution in [0.1, 0.15) is 19.8 Å². The van der Waals surface area contributed by atoms with Crippen molar-refractivity contribution in [3.05, 3.63) is 0 Å². The van der Waals surface area contributed by atoms with E-state index in [4.69, 9.17) is 19.7 Å². The maximum atomic E-state index is 9.62. The van der Waals surface area contributed by atoms with Crippen molar-refractivity contribution in [3.63, 3.8) is 0 Å². The molecule has 96 valence electrons. The molecule has 0 unspecified atom stereocenters. The van der Waals surface area contributed by atoms with Crippen molar-refractivity contribution in [1.29, 1.82) is 0 Å². The normalized spacial score (nSPS) is 37.3. The molecular weight excluding hydrogens is 216 g/mol. The lowest BCUT2D eigenvalue weighted by Gasteiger charge is -2.36. The summed E-state index contributed by atoms with van der Waals surface area (Å²) in [7, 11) is 0.